The first-order valence-corrected chi connectivity index (χ1v) is 6.05. The van der Waals surface area contributed by atoms with E-state index in [2.05, 4.69) is 15.0 Å². The molecule has 3 aromatic rings. The van der Waals surface area contributed by atoms with Crippen molar-refractivity contribution in [3.05, 3.63) is 30.5 Å². The molecular formula is C14H14N4O2. The van der Waals surface area contributed by atoms with Crippen LogP contribution in [-0.4, -0.2) is 29.2 Å². The van der Waals surface area contributed by atoms with Gasteiger partial charge in [0.05, 0.1) is 25.3 Å². The normalized spacial score (nSPS) is 10.7. The summed E-state index contributed by atoms with van der Waals surface area (Å²) in [5.41, 5.74) is 8.15. The molecule has 0 unspecified atom stereocenters. The van der Waals surface area contributed by atoms with Crippen LogP contribution in [0.4, 0.5) is 5.82 Å². The number of nitrogens with one attached hydrogen (secondary N) is 1. The maximum atomic E-state index is 5.82. The van der Waals surface area contributed by atoms with E-state index < -0.39 is 0 Å². The largest absolute Gasteiger partial charge is 0.497 e. The molecule has 6 heteroatoms. The lowest BCUT2D eigenvalue weighted by molar-refractivity contribution is 0.395. The van der Waals surface area contributed by atoms with Gasteiger partial charge in [0.2, 0.25) is 0 Å². The predicted molar refractivity (Wildman–Crippen MR) is 76.8 cm³/mol. The second-order valence-corrected chi connectivity index (χ2v) is 4.24. The molecule has 0 atom stereocenters. The van der Waals surface area contributed by atoms with Crippen LogP contribution in [0.25, 0.3) is 22.4 Å². The van der Waals surface area contributed by atoms with E-state index in [-0.39, 0.29) is 0 Å². The number of imidazole rings is 1. The molecule has 0 saturated carbocycles. The van der Waals surface area contributed by atoms with Crippen molar-refractivity contribution in [1.29, 1.82) is 0 Å². The third-order valence-corrected chi connectivity index (χ3v) is 3.09. The quantitative estimate of drug-likeness (QED) is 0.762. The number of H-pyrrole nitrogens is 1. The van der Waals surface area contributed by atoms with E-state index in [0.29, 0.717) is 22.9 Å². The molecule has 0 aliphatic carbocycles. The molecule has 0 fully saturated rings. The highest BCUT2D eigenvalue weighted by molar-refractivity contribution is 5.87. The Balaban J connectivity index is 2.17. The van der Waals surface area contributed by atoms with Crippen molar-refractivity contribution in [1.82, 2.24) is 15.0 Å². The second kappa shape index (κ2) is 4.73. The van der Waals surface area contributed by atoms with E-state index in [9.17, 15) is 0 Å². The highest BCUT2D eigenvalue weighted by atomic mass is 16.5. The van der Waals surface area contributed by atoms with Gasteiger partial charge in [-0.25, -0.2) is 9.97 Å². The van der Waals surface area contributed by atoms with Crippen LogP contribution in [0.2, 0.25) is 0 Å². The van der Waals surface area contributed by atoms with Crippen LogP contribution in [0.1, 0.15) is 0 Å². The maximum absolute atomic E-state index is 5.82. The van der Waals surface area contributed by atoms with Crippen molar-refractivity contribution in [2.45, 2.75) is 0 Å². The molecule has 0 bridgehead atoms. The predicted octanol–water partition coefficient (Wildman–Crippen LogP) is 2.22. The van der Waals surface area contributed by atoms with Crippen molar-refractivity contribution in [2.24, 2.45) is 0 Å². The number of aromatic amines is 1. The van der Waals surface area contributed by atoms with E-state index >= 15 is 0 Å². The number of methoxy groups -OCH3 is 2. The van der Waals surface area contributed by atoms with E-state index in [1.807, 2.05) is 24.3 Å². The Morgan fingerprint density at radius 2 is 2.00 bits per heavy atom. The molecule has 102 valence electrons. The second-order valence-electron chi connectivity index (χ2n) is 4.24. The van der Waals surface area contributed by atoms with E-state index in [1.165, 1.54) is 0 Å². The maximum Gasteiger partial charge on any atom is 0.151 e. The van der Waals surface area contributed by atoms with Crippen LogP contribution in [0.15, 0.2) is 30.5 Å². The monoisotopic (exact) mass is 270 g/mol. The molecule has 3 N–H and O–H groups in total. The van der Waals surface area contributed by atoms with Crippen LogP contribution >= 0.6 is 0 Å². The summed E-state index contributed by atoms with van der Waals surface area (Å²) < 4.78 is 10.6. The highest BCUT2D eigenvalue weighted by Crippen LogP contribution is 2.33. The molecule has 20 heavy (non-hydrogen) atoms. The fourth-order valence-electron chi connectivity index (χ4n) is 2.08. The molecule has 2 heterocycles. The Morgan fingerprint density at radius 3 is 2.70 bits per heavy atom. The SMILES string of the molecule is COc1ccc(-c2nc3c(N)nccc3[nH]2)c(OC)c1. The summed E-state index contributed by atoms with van der Waals surface area (Å²) in [6.07, 6.45) is 1.64. The van der Waals surface area contributed by atoms with Crippen LogP contribution in [0.5, 0.6) is 11.5 Å². The molecule has 0 spiro atoms. The third-order valence-electron chi connectivity index (χ3n) is 3.09. The Morgan fingerprint density at radius 1 is 1.15 bits per heavy atom. The highest BCUT2D eigenvalue weighted by Gasteiger charge is 2.13. The van der Waals surface area contributed by atoms with Crippen molar-refractivity contribution < 1.29 is 9.47 Å². The Bertz CT molecular complexity index is 767. The number of nitrogens with zero attached hydrogens (tertiary/aromatic N) is 2. The van der Waals surface area contributed by atoms with Gasteiger partial charge in [0, 0.05) is 12.3 Å². The Labute approximate surface area is 115 Å². The third kappa shape index (κ3) is 1.91. The molecule has 3 rings (SSSR count). The fourth-order valence-corrected chi connectivity index (χ4v) is 2.08. The zero-order valence-electron chi connectivity index (χ0n) is 11.2. The number of ether oxygens (including phenoxy) is 2. The minimum atomic E-state index is 0.400. The first-order valence-electron chi connectivity index (χ1n) is 6.05. The van der Waals surface area contributed by atoms with Crippen molar-refractivity contribution in [2.75, 3.05) is 20.0 Å². The standard InChI is InChI=1S/C14H14N4O2/c1-19-8-3-4-9(11(7-8)20-2)14-17-10-5-6-16-13(15)12(10)18-14/h3-7H,1-2H3,(H2,15,16)(H,17,18). The van der Waals surface area contributed by atoms with Gasteiger partial charge in [0.25, 0.3) is 0 Å². The molecule has 0 amide bonds. The smallest absolute Gasteiger partial charge is 0.151 e. The Kier molecular flexibility index (Phi) is 2.90. The average molecular weight is 270 g/mol. The van der Waals surface area contributed by atoms with Crippen LogP contribution in [-0.2, 0) is 0 Å². The fraction of sp³-hybridized carbons (Fsp3) is 0.143. The summed E-state index contributed by atoms with van der Waals surface area (Å²) in [6.45, 7) is 0. The minimum absolute atomic E-state index is 0.400. The average Bonchev–Trinajstić information content (AvgIpc) is 2.92. The molecule has 2 aromatic heterocycles. The lowest BCUT2D eigenvalue weighted by Gasteiger charge is -2.08. The van der Waals surface area contributed by atoms with Gasteiger partial charge >= 0.3 is 0 Å². The number of hydrogen-bond acceptors (Lipinski definition) is 5. The molecule has 0 saturated heterocycles. The van der Waals surface area contributed by atoms with E-state index in [4.69, 9.17) is 15.2 Å². The summed E-state index contributed by atoms with van der Waals surface area (Å²) in [7, 11) is 3.22. The van der Waals surface area contributed by atoms with Crippen LogP contribution < -0.4 is 15.2 Å². The number of pyridine rings is 1. The van der Waals surface area contributed by atoms with E-state index in [1.54, 1.807) is 20.4 Å². The van der Waals surface area contributed by atoms with Crippen LogP contribution in [0, 0.1) is 0 Å². The number of aromatic nitrogens is 3. The van der Waals surface area contributed by atoms with Gasteiger partial charge in [0.1, 0.15) is 22.8 Å². The van der Waals surface area contributed by atoms with Gasteiger partial charge in [-0.3, -0.25) is 0 Å². The van der Waals surface area contributed by atoms with Crippen molar-refractivity contribution in [3.63, 3.8) is 0 Å². The number of nitrogen functional groups attached to an aromatic ring is 1. The summed E-state index contributed by atoms with van der Waals surface area (Å²) in [5, 5.41) is 0. The molecular weight excluding hydrogens is 256 g/mol. The Hall–Kier alpha value is -2.76. The minimum Gasteiger partial charge on any atom is -0.497 e. The molecule has 0 aliphatic heterocycles. The van der Waals surface area contributed by atoms with Gasteiger partial charge < -0.3 is 20.2 Å². The number of anilines is 1. The zero-order valence-corrected chi connectivity index (χ0v) is 11.2. The summed E-state index contributed by atoms with van der Waals surface area (Å²) >= 11 is 0. The number of fused-ring (bicyclic) bond motifs is 1. The molecule has 1 aromatic carbocycles. The summed E-state index contributed by atoms with van der Waals surface area (Å²) in [5.74, 6) is 2.48. The van der Waals surface area contributed by atoms with Gasteiger partial charge in [0.15, 0.2) is 5.82 Å². The lowest BCUT2D eigenvalue weighted by Crippen LogP contribution is -1.91. The first-order chi connectivity index (χ1) is 9.72. The van der Waals surface area contributed by atoms with Gasteiger partial charge in [-0.1, -0.05) is 0 Å². The van der Waals surface area contributed by atoms with Crippen molar-refractivity contribution in [3.8, 4) is 22.9 Å². The van der Waals surface area contributed by atoms with Gasteiger partial charge in [-0.2, -0.15) is 0 Å². The summed E-state index contributed by atoms with van der Waals surface area (Å²) in [4.78, 5) is 11.7. The van der Waals surface area contributed by atoms with Crippen molar-refractivity contribution >= 4 is 16.9 Å². The lowest BCUT2D eigenvalue weighted by atomic mass is 10.2. The number of hydrogen-bond donors (Lipinski definition) is 2. The number of nitrogens with two attached hydrogens (primary N) is 1. The molecule has 6 nitrogen and oxygen atoms in total. The van der Waals surface area contributed by atoms with Gasteiger partial charge in [-0.15, -0.1) is 0 Å². The first kappa shape index (κ1) is 12.3. The topological polar surface area (TPSA) is 86.0 Å². The number of rotatable bonds is 3. The number of benzene rings is 1. The summed E-state index contributed by atoms with van der Waals surface area (Å²) in [6, 6.07) is 7.38. The van der Waals surface area contributed by atoms with Gasteiger partial charge in [-0.05, 0) is 18.2 Å². The molecule has 0 aliphatic rings. The zero-order chi connectivity index (χ0) is 14.1. The van der Waals surface area contributed by atoms with E-state index in [0.717, 1.165) is 16.8 Å². The molecule has 0 radical (unpaired) electrons. The van der Waals surface area contributed by atoms with Crippen LogP contribution in [0.3, 0.4) is 0 Å².